The molecule has 0 rings (SSSR count). The predicted molar refractivity (Wildman–Crippen MR) is 47.9 cm³/mol. The predicted octanol–water partition coefficient (Wildman–Crippen LogP) is 2.97. The minimum Gasteiger partial charge on any atom is -0.232 e. The van der Waals surface area contributed by atoms with Gasteiger partial charge in [-0.3, -0.25) is 0 Å². The Hall–Kier alpha value is -0.560. The minimum absolute atomic E-state index is 0.0954. The summed E-state index contributed by atoms with van der Waals surface area (Å²) in [5.41, 5.74) is 0. The van der Waals surface area contributed by atoms with Crippen molar-refractivity contribution in [1.29, 1.82) is 0 Å². The van der Waals surface area contributed by atoms with Gasteiger partial charge in [-0.25, -0.2) is 5.11 Å². The van der Waals surface area contributed by atoms with Crippen molar-refractivity contribution in [2.75, 3.05) is 6.61 Å². The van der Waals surface area contributed by atoms with Gasteiger partial charge in [0.05, 0.1) is 0 Å². The first-order chi connectivity index (χ1) is 5.31. The molecule has 0 N–H and O–H groups in total. The van der Waals surface area contributed by atoms with Gasteiger partial charge in [-0.2, -0.15) is 0 Å². The average molecular weight is 153 g/mol. The zero-order valence-electron chi connectivity index (χ0n) is 7.42. The third-order valence-electron chi connectivity index (χ3n) is 1.47. The maximum Gasteiger partial charge on any atom is 0.100 e. The molecule has 0 fully saturated rings. The van der Waals surface area contributed by atoms with E-state index in [4.69, 9.17) is 0 Å². The van der Waals surface area contributed by atoms with Crippen LogP contribution in [0.3, 0.4) is 0 Å². The van der Waals surface area contributed by atoms with Crippen molar-refractivity contribution < 1.29 is 5.11 Å². The summed E-state index contributed by atoms with van der Waals surface area (Å²) in [4.78, 5) is 0. The van der Waals surface area contributed by atoms with E-state index in [0.29, 0.717) is 5.92 Å². The molecule has 0 aliphatic rings. The first-order valence-corrected chi connectivity index (χ1v) is 4.21. The molecule has 0 aliphatic heterocycles. The molecule has 0 bridgehead atoms. The zero-order chi connectivity index (χ0) is 8.53. The largest absolute Gasteiger partial charge is 0.232 e. The topological polar surface area (TPSA) is 19.9 Å². The van der Waals surface area contributed by atoms with E-state index < -0.39 is 0 Å². The molecule has 1 radical (unpaired) electrons. The SMILES string of the molecule is CC/C=C/CC(C)/C=C/C[O]. The molecule has 63 valence electrons. The minimum atomic E-state index is -0.0954. The molecule has 0 aromatic heterocycles. The molecule has 1 nitrogen and oxygen atoms in total. The lowest BCUT2D eigenvalue weighted by Gasteiger charge is -1.98. The van der Waals surface area contributed by atoms with Gasteiger partial charge in [0.15, 0.2) is 0 Å². The van der Waals surface area contributed by atoms with Crippen LogP contribution in [0.1, 0.15) is 26.7 Å². The lowest BCUT2D eigenvalue weighted by molar-refractivity contribution is 0.232. The second-order valence-electron chi connectivity index (χ2n) is 2.69. The first-order valence-electron chi connectivity index (χ1n) is 4.21. The molecule has 0 heterocycles. The van der Waals surface area contributed by atoms with Gasteiger partial charge in [0, 0.05) is 0 Å². The molecule has 1 heteroatoms. The maximum absolute atomic E-state index is 10.1. The molecule has 0 aromatic rings. The lowest BCUT2D eigenvalue weighted by atomic mass is 10.1. The quantitative estimate of drug-likeness (QED) is 0.541. The Bertz CT molecular complexity index is 125. The van der Waals surface area contributed by atoms with Crippen molar-refractivity contribution in [3.8, 4) is 0 Å². The fourth-order valence-electron chi connectivity index (χ4n) is 0.844. The summed E-state index contributed by atoms with van der Waals surface area (Å²) in [6.45, 7) is 4.14. The van der Waals surface area contributed by atoms with Crippen molar-refractivity contribution in [1.82, 2.24) is 0 Å². The number of hydrogen-bond donors (Lipinski definition) is 0. The van der Waals surface area contributed by atoms with Crippen LogP contribution in [-0.4, -0.2) is 6.61 Å². The Labute approximate surface area is 69.4 Å². The molecule has 0 saturated heterocycles. The van der Waals surface area contributed by atoms with Crippen molar-refractivity contribution >= 4 is 0 Å². The number of rotatable bonds is 5. The molecule has 11 heavy (non-hydrogen) atoms. The van der Waals surface area contributed by atoms with Crippen molar-refractivity contribution in [2.24, 2.45) is 5.92 Å². The molecule has 1 atom stereocenters. The highest BCUT2D eigenvalue weighted by atomic mass is 16.2. The smallest absolute Gasteiger partial charge is 0.100 e. The average Bonchev–Trinajstić information content (AvgIpc) is 2.01. The molecule has 1 unspecified atom stereocenters. The van der Waals surface area contributed by atoms with Crippen LogP contribution in [0.2, 0.25) is 0 Å². The summed E-state index contributed by atoms with van der Waals surface area (Å²) in [5, 5.41) is 10.1. The van der Waals surface area contributed by atoms with E-state index in [9.17, 15) is 5.11 Å². The summed E-state index contributed by atoms with van der Waals surface area (Å²) in [7, 11) is 0. The molecule has 0 aliphatic carbocycles. The van der Waals surface area contributed by atoms with Crippen LogP contribution in [0.4, 0.5) is 0 Å². The highest BCUT2D eigenvalue weighted by molar-refractivity contribution is 4.91. The zero-order valence-corrected chi connectivity index (χ0v) is 7.42. The fourth-order valence-corrected chi connectivity index (χ4v) is 0.844. The Morgan fingerprint density at radius 1 is 1.27 bits per heavy atom. The van der Waals surface area contributed by atoms with Crippen molar-refractivity contribution in [2.45, 2.75) is 26.7 Å². The van der Waals surface area contributed by atoms with Gasteiger partial charge in [0.1, 0.15) is 6.61 Å². The van der Waals surface area contributed by atoms with Crippen LogP contribution in [0.15, 0.2) is 24.3 Å². The first kappa shape index (κ1) is 10.4. The highest BCUT2D eigenvalue weighted by Gasteiger charge is 1.90. The summed E-state index contributed by atoms with van der Waals surface area (Å²) in [6.07, 6.45) is 10.1. The van der Waals surface area contributed by atoms with Gasteiger partial charge in [-0.1, -0.05) is 38.2 Å². The van der Waals surface area contributed by atoms with E-state index >= 15 is 0 Å². The highest BCUT2D eigenvalue weighted by Crippen LogP contribution is 2.04. The normalized spacial score (nSPS) is 14.8. The molecule has 0 aromatic carbocycles. The molecular formula is C10H17O. The van der Waals surface area contributed by atoms with E-state index in [1.165, 1.54) is 0 Å². The van der Waals surface area contributed by atoms with Crippen LogP contribution < -0.4 is 0 Å². The summed E-state index contributed by atoms with van der Waals surface area (Å²) in [5.74, 6) is 0.506. The summed E-state index contributed by atoms with van der Waals surface area (Å²) < 4.78 is 0. The third kappa shape index (κ3) is 7.34. The second kappa shape index (κ2) is 7.55. The van der Waals surface area contributed by atoms with Crippen LogP contribution in [0, 0.1) is 5.92 Å². The Kier molecular flexibility index (Phi) is 7.16. The van der Waals surface area contributed by atoms with Crippen molar-refractivity contribution in [3.63, 3.8) is 0 Å². The van der Waals surface area contributed by atoms with E-state index in [-0.39, 0.29) is 6.61 Å². The van der Waals surface area contributed by atoms with Gasteiger partial charge < -0.3 is 0 Å². The van der Waals surface area contributed by atoms with Gasteiger partial charge in [0.2, 0.25) is 0 Å². The van der Waals surface area contributed by atoms with Gasteiger partial charge in [0.25, 0.3) is 0 Å². The van der Waals surface area contributed by atoms with E-state index in [1.807, 2.05) is 6.08 Å². The second-order valence-corrected chi connectivity index (χ2v) is 2.69. The van der Waals surface area contributed by atoms with E-state index in [2.05, 4.69) is 26.0 Å². The third-order valence-corrected chi connectivity index (χ3v) is 1.47. The van der Waals surface area contributed by atoms with Crippen LogP contribution in [0.25, 0.3) is 0 Å². The van der Waals surface area contributed by atoms with Crippen LogP contribution in [-0.2, 0) is 5.11 Å². The summed E-state index contributed by atoms with van der Waals surface area (Å²) >= 11 is 0. The Morgan fingerprint density at radius 3 is 2.55 bits per heavy atom. The molecule has 0 saturated carbocycles. The monoisotopic (exact) mass is 153 g/mol. The Balaban J connectivity index is 3.43. The standard InChI is InChI=1S/C10H17O/c1-3-4-5-7-10(2)8-6-9-11/h4-6,8,10H,3,7,9H2,1-2H3/b5-4+,8-6+. The summed E-state index contributed by atoms with van der Waals surface area (Å²) in [6, 6.07) is 0. The molecule has 0 spiro atoms. The van der Waals surface area contributed by atoms with Gasteiger partial charge in [-0.15, -0.1) is 0 Å². The van der Waals surface area contributed by atoms with Crippen LogP contribution in [0.5, 0.6) is 0 Å². The maximum atomic E-state index is 10.1. The lowest BCUT2D eigenvalue weighted by Crippen LogP contribution is -1.86. The fraction of sp³-hybridized carbons (Fsp3) is 0.600. The van der Waals surface area contributed by atoms with Crippen LogP contribution >= 0.6 is 0 Å². The van der Waals surface area contributed by atoms with Gasteiger partial charge in [-0.05, 0) is 18.8 Å². The Morgan fingerprint density at radius 2 is 2.00 bits per heavy atom. The van der Waals surface area contributed by atoms with E-state index in [1.54, 1.807) is 6.08 Å². The van der Waals surface area contributed by atoms with E-state index in [0.717, 1.165) is 12.8 Å². The molecule has 0 amide bonds. The molecular weight excluding hydrogens is 136 g/mol. The number of allylic oxidation sites excluding steroid dienone is 3. The number of hydrogen-bond acceptors (Lipinski definition) is 0. The van der Waals surface area contributed by atoms with Crippen molar-refractivity contribution in [3.05, 3.63) is 24.3 Å². The van der Waals surface area contributed by atoms with Gasteiger partial charge >= 0.3 is 0 Å².